The van der Waals surface area contributed by atoms with E-state index in [-0.39, 0.29) is 0 Å². The van der Waals surface area contributed by atoms with Gasteiger partial charge >= 0.3 is 0 Å². The zero-order chi connectivity index (χ0) is 17.5. The number of rotatable bonds is 7. The number of piperidine rings is 1. The molecule has 134 valence electrons. The largest absolute Gasteiger partial charge is 0.367 e. The highest BCUT2D eigenvalue weighted by Gasteiger charge is 2.17. The molecule has 0 radical (unpaired) electrons. The average molecular weight is 339 g/mol. The Hall–Kier alpha value is -2.14. The number of hydrogen-bond acceptors (Lipinski definition) is 5. The minimum absolute atomic E-state index is 0.495. The van der Waals surface area contributed by atoms with Crippen molar-refractivity contribution < 1.29 is 0 Å². The van der Waals surface area contributed by atoms with Crippen LogP contribution in [0.1, 0.15) is 38.3 Å². The molecule has 2 heterocycles. The van der Waals surface area contributed by atoms with Crippen LogP contribution < -0.4 is 10.6 Å². The Morgan fingerprint density at radius 1 is 1.12 bits per heavy atom. The number of nitrogens with zero attached hydrogens (tertiary/aromatic N) is 3. The number of para-hydroxylation sites is 1. The minimum atomic E-state index is 0.495. The van der Waals surface area contributed by atoms with Gasteiger partial charge in [0.05, 0.1) is 0 Å². The lowest BCUT2D eigenvalue weighted by Crippen LogP contribution is -2.36. The molecule has 5 heteroatoms. The first-order chi connectivity index (χ1) is 12.2. The summed E-state index contributed by atoms with van der Waals surface area (Å²) in [6, 6.07) is 12.7. The molecule has 0 bridgehead atoms. The number of benzene rings is 1. The molecule has 0 unspecified atom stereocenters. The van der Waals surface area contributed by atoms with Crippen molar-refractivity contribution >= 4 is 17.5 Å². The Balaban J connectivity index is 1.74. The SMILES string of the molecule is CCCCc1cc(NC2CCN(C)CC2)nc(Nc2ccccc2)n1. The van der Waals surface area contributed by atoms with Crippen molar-refractivity contribution in [2.45, 2.75) is 45.1 Å². The predicted octanol–water partition coefficient (Wildman–Crippen LogP) is 4.07. The molecule has 2 aromatic rings. The van der Waals surface area contributed by atoms with Crippen LogP contribution in [-0.2, 0) is 6.42 Å². The topological polar surface area (TPSA) is 53.1 Å². The lowest BCUT2D eigenvalue weighted by Gasteiger charge is -2.29. The van der Waals surface area contributed by atoms with Gasteiger partial charge in [0.25, 0.3) is 0 Å². The van der Waals surface area contributed by atoms with Gasteiger partial charge in [0.2, 0.25) is 5.95 Å². The maximum atomic E-state index is 4.70. The van der Waals surface area contributed by atoms with Crippen LogP contribution in [0.15, 0.2) is 36.4 Å². The highest BCUT2D eigenvalue weighted by Crippen LogP contribution is 2.19. The van der Waals surface area contributed by atoms with Crippen LogP contribution in [-0.4, -0.2) is 41.0 Å². The molecule has 0 atom stereocenters. The molecular formula is C20H29N5. The third-order valence-corrected chi connectivity index (χ3v) is 4.67. The summed E-state index contributed by atoms with van der Waals surface area (Å²) in [6.07, 6.45) is 5.63. The molecule has 1 fully saturated rings. The highest BCUT2D eigenvalue weighted by molar-refractivity contribution is 5.55. The van der Waals surface area contributed by atoms with Gasteiger partial charge in [-0.2, -0.15) is 4.98 Å². The van der Waals surface area contributed by atoms with E-state index in [1.54, 1.807) is 0 Å². The van der Waals surface area contributed by atoms with Crippen molar-refractivity contribution in [1.82, 2.24) is 14.9 Å². The van der Waals surface area contributed by atoms with E-state index in [1.807, 2.05) is 30.3 Å². The summed E-state index contributed by atoms with van der Waals surface area (Å²) in [5.41, 5.74) is 2.12. The zero-order valence-corrected chi connectivity index (χ0v) is 15.3. The second kappa shape index (κ2) is 8.81. The van der Waals surface area contributed by atoms with E-state index in [0.717, 1.165) is 56.0 Å². The first kappa shape index (κ1) is 17.7. The van der Waals surface area contributed by atoms with E-state index in [2.05, 4.69) is 35.6 Å². The molecule has 5 nitrogen and oxygen atoms in total. The fourth-order valence-electron chi connectivity index (χ4n) is 3.13. The molecule has 0 spiro atoms. The average Bonchev–Trinajstić information content (AvgIpc) is 2.63. The number of unbranched alkanes of at least 4 members (excludes halogenated alkanes) is 1. The van der Waals surface area contributed by atoms with Crippen LogP contribution in [0.2, 0.25) is 0 Å². The Bertz CT molecular complexity index is 650. The Morgan fingerprint density at radius 3 is 2.60 bits per heavy atom. The normalized spacial score (nSPS) is 15.9. The van der Waals surface area contributed by atoms with Crippen LogP contribution in [0.5, 0.6) is 0 Å². The van der Waals surface area contributed by atoms with Gasteiger partial charge in [-0.1, -0.05) is 31.5 Å². The quantitative estimate of drug-likeness (QED) is 0.796. The molecule has 0 saturated carbocycles. The molecule has 1 aliphatic rings. The van der Waals surface area contributed by atoms with Gasteiger partial charge in [0.1, 0.15) is 5.82 Å². The molecule has 3 rings (SSSR count). The summed E-state index contributed by atoms with van der Waals surface area (Å²) in [5, 5.41) is 6.96. The highest BCUT2D eigenvalue weighted by atomic mass is 15.2. The molecule has 1 aliphatic heterocycles. The number of hydrogen-bond donors (Lipinski definition) is 2. The van der Waals surface area contributed by atoms with Gasteiger partial charge < -0.3 is 15.5 Å². The van der Waals surface area contributed by atoms with Gasteiger partial charge in [-0.3, -0.25) is 0 Å². The number of aromatic nitrogens is 2. The summed E-state index contributed by atoms with van der Waals surface area (Å²) in [6.45, 7) is 4.49. The van der Waals surface area contributed by atoms with Crippen LogP contribution in [0.4, 0.5) is 17.5 Å². The van der Waals surface area contributed by atoms with Crippen molar-refractivity contribution in [3.8, 4) is 0 Å². The van der Waals surface area contributed by atoms with E-state index in [1.165, 1.54) is 6.42 Å². The van der Waals surface area contributed by atoms with Crippen molar-refractivity contribution in [3.05, 3.63) is 42.1 Å². The number of anilines is 3. The van der Waals surface area contributed by atoms with E-state index >= 15 is 0 Å². The van der Waals surface area contributed by atoms with Crippen molar-refractivity contribution in [1.29, 1.82) is 0 Å². The minimum Gasteiger partial charge on any atom is -0.367 e. The van der Waals surface area contributed by atoms with Gasteiger partial charge in [-0.15, -0.1) is 0 Å². The molecule has 1 saturated heterocycles. The van der Waals surface area contributed by atoms with Crippen molar-refractivity contribution in [2.24, 2.45) is 0 Å². The molecule has 1 aromatic carbocycles. The maximum Gasteiger partial charge on any atom is 0.229 e. The Kier molecular flexibility index (Phi) is 6.23. The number of likely N-dealkylation sites (tertiary alicyclic amines) is 1. The summed E-state index contributed by atoms with van der Waals surface area (Å²) >= 11 is 0. The van der Waals surface area contributed by atoms with E-state index < -0.39 is 0 Å². The smallest absolute Gasteiger partial charge is 0.229 e. The zero-order valence-electron chi connectivity index (χ0n) is 15.3. The Labute approximate surface area is 150 Å². The fraction of sp³-hybridized carbons (Fsp3) is 0.500. The first-order valence-corrected chi connectivity index (χ1v) is 9.38. The lowest BCUT2D eigenvalue weighted by molar-refractivity contribution is 0.263. The van der Waals surface area contributed by atoms with Crippen LogP contribution in [0.25, 0.3) is 0 Å². The van der Waals surface area contributed by atoms with Crippen LogP contribution in [0.3, 0.4) is 0 Å². The van der Waals surface area contributed by atoms with Gasteiger partial charge in [-0.25, -0.2) is 4.98 Å². The number of aryl methyl sites for hydroxylation is 1. The monoisotopic (exact) mass is 339 g/mol. The molecule has 2 N–H and O–H groups in total. The van der Waals surface area contributed by atoms with E-state index in [4.69, 9.17) is 9.97 Å². The molecule has 1 aromatic heterocycles. The van der Waals surface area contributed by atoms with Gasteiger partial charge in [0.15, 0.2) is 0 Å². The van der Waals surface area contributed by atoms with Gasteiger partial charge in [-0.05, 0) is 58.0 Å². The maximum absolute atomic E-state index is 4.70. The lowest BCUT2D eigenvalue weighted by atomic mass is 10.1. The molecule has 0 aliphatic carbocycles. The second-order valence-electron chi connectivity index (χ2n) is 6.88. The van der Waals surface area contributed by atoms with Crippen LogP contribution in [0, 0.1) is 0 Å². The van der Waals surface area contributed by atoms with Crippen molar-refractivity contribution in [3.63, 3.8) is 0 Å². The summed E-state index contributed by atoms with van der Waals surface area (Å²) in [4.78, 5) is 11.8. The summed E-state index contributed by atoms with van der Waals surface area (Å²) < 4.78 is 0. The fourth-order valence-corrected chi connectivity index (χ4v) is 3.13. The van der Waals surface area contributed by atoms with Crippen molar-refractivity contribution in [2.75, 3.05) is 30.8 Å². The van der Waals surface area contributed by atoms with E-state index in [0.29, 0.717) is 12.0 Å². The Morgan fingerprint density at radius 2 is 1.88 bits per heavy atom. The molecule has 0 amide bonds. The molecule has 25 heavy (non-hydrogen) atoms. The van der Waals surface area contributed by atoms with Crippen LogP contribution >= 0.6 is 0 Å². The van der Waals surface area contributed by atoms with Gasteiger partial charge in [0, 0.05) is 23.5 Å². The second-order valence-corrected chi connectivity index (χ2v) is 6.88. The summed E-state index contributed by atoms with van der Waals surface area (Å²) in [7, 11) is 2.19. The predicted molar refractivity (Wildman–Crippen MR) is 105 cm³/mol. The third kappa shape index (κ3) is 5.43. The van der Waals surface area contributed by atoms with E-state index in [9.17, 15) is 0 Å². The number of nitrogens with one attached hydrogen (secondary N) is 2. The standard InChI is InChI=1S/C20H29N5/c1-3-4-8-18-15-19(21-17-11-13-25(2)14-12-17)24-20(23-18)22-16-9-6-5-7-10-16/h5-7,9-10,15,17H,3-4,8,11-14H2,1-2H3,(H2,21,22,23,24). The molecular weight excluding hydrogens is 310 g/mol. The third-order valence-electron chi connectivity index (χ3n) is 4.67. The summed E-state index contributed by atoms with van der Waals surface area (Å²) in [5.74, 6) is 1.62. The first-order valence-electron chi connectivity index (χ1n) is 9.38.